The zero-order valence-corrected chi connectivity index (χ0v) is 10.8. The third kappa shape index (κ3) is 2.76. The van der Waals surface area contributed by atoms with Crippen molar-refractivity contribution < 1.29 is 13.2 Å². The van der Waals surface area contributed by atoms with Gasteiger partial charge in [0.1, 0.15) is 0 Å². The zero-order valence-electron chi connectivity index (χ0n) is 10.8. The Bertz CT molecular complexity index is 570. The summed E-state index contributed by atoms with van der Waals surface area (Å²) in [6.07, 6.45) is -0.732. The number of aromatic nitrogens is 1. The Kier molecular flexibility index (Phi) is 3.85. The summed E-state index contributed by atoms with van der Waals surface area (Å²) in [5.74, 6) is 0. The van der Waals surface area contributed by atoms with Crippen LogP contribution in [0.5, 0.6) is 0 Å². The highest BCUT2D eigenvalue weighted by Gasteiger charge is 2.30. The lowest BCUT2D eigenvalue weighted by atomic mass is 10.1. The molecule has 0 aliphatic heterocycles. The highest BCUT2D eigenvalue weighted by Crippen LogP contribution is 2.33. The summed E-state index contributed by atoms with van der Waals surface area (Å²) in [5.41, 5.74) is 6.60. The highest BCUT2D eigenvalue weighted by molar-refractivity contribution is 5.84. The van der Waals surface area contributed by atoms with E-state index < -0.39 is 11.7 Å². The minimum atomic E-state index is -4.30. The van der Waals surface area contributed by atoms with Crippen LogP contribution in [0.2, 0.25) is 0 Å². The Labute approximate surface area is 110 Å². The molecule has 1 aromatic heterocycles. The number of alkyl halides is 3. The van der Waals surface area contributed by atoms with Crippen LogP contribution in [0.3, 0.4) is 0 Å². The Balaban J connectivity index is 2.52. The molecule has 0 atom stereocenters. The van der Waals surface area contributed by atoms with Gasteiger partial charge in [-0.05, 0) is 44.0 Å². The van der Waals surface area contributed by atoms with Crippen molar-refractivity contribution in [2.75, 3.05) is 6.54 Å². The second-order valence-corrected chi connectivity index (χ2v) is 4.56. The molecule has 2 aromatic rings. The smallest absolute Gasteiger partial charge is 0.347 e. The Morgan fingerprint density at radius 2 is 2.00 bits per heavy atom. The topological polar surface area (TPSA) is 30.9 Å². The maximum atomic E-state index is 12.7. The molecule has 104 valence electrons. The first-order valence-corrected chi connectivity index (χ1v) is 6.36. The van der Waals surface area contributed by atoms with Crippen molar-refractivity contribution in [3.8, 4) is 0 Å². The number of nitrogens with zero attached hydrogens (tertiary/aromatic N) is 1. The van der Waals surface area contributed by atoms with Crippen molar-refractivity contribution in [3.05, 3.63) is 35.5 Å². The second kappa shape index (κ2) is 5.25. The number of nitrogens with two attached hydrogens (primary N) is 1. The predicted molar refractivity (Wildman–Crippen MR) is 70.0 cm³/mol. The highest BCUT2D eigenvalue weighted by atomic mass is 19.4. The van der Waals surface area contributed by atoms with E-state index in [1.54, 1.807) is 6.07 Å². The molecule has 0 aliphatic rings. The molecule has 0 amide bonds. The summed E-state index contributed by atoms with van der Waals surface area (Å²) in [7, 11) is 0. The summed E-state index contributed by atoms with van der Waals surface area (Å²) >= 11 is 0. The number of halogens is 3. The molecule has 0 fully saturated rings. The molecule has 0 spiro atoms. The summed E-state index contributed by atoms with van der Waals surface area (Å²) < 4.78 is 40.1. The minimum Gasteiger partial charge on any atom is -0.347 e. The van der Waals surface area contributed by atoms with E-state index >= 15 is 0 Å². The third-order valence-electron chi connectivity index (χ3n) is 3.28. The van der Waals surface area contributed by atoms with Gasteiger partial charge in [0.15, 0.2) is 0 Å². The van der Waals surface area contributed by atoms with Crippen molar-refractivity contribution >= 4 is 10.9 Å². The molecule has 0 saturated carbocycles. The minimum absolute atomic E-state index is 0.583. The van der Waals surface area contributed by atoms with E-state index in [0.717, 1.165) is 29.9 Å². The predicted octanol–water partition coefficient (Wildman–Crippen LogP) is 3.57. The SMILES string of the molecule is CCn1cc(CCCN)c2ccc(C(F)(F)F)cc21. The van der Waals surface area contributed by atoms with Crippen molar-refractivity contribution in [2.45, 2.75) is 32.5 Å². The lowest BCUT2D eigenvalue weighted by Gasteiger charge is -2.08. The van der Waals surface area contributed by atoms with Crippen LogP contribution in [0, 0.1) is 0 Å². The van der Waals surface area contributed by atoms with Gasteiger partial charge in [0.2, 0.25) is 0 Å². The average molecular weight is 270 g/mol. The van der Waals surface area contributed by atoms with Gasteiger partial charge >= 0.3 is 6.18 Å². The number of hydrogen-bond acceptors (Lipinski definition) is 1. The third-order valence-corrected chi connectivity index (χ3v) is 3.28. The van der Waals surface area contributed by atoms with Crippen LogP contribution in [-0.2, 0) is 19.1 Å². The van der Waals surface area contributed by atoms with Gasteiger partial charge in [0.25, 0.3) is 0 Å². The number of rotatable bonds is 4. The van der Waals surface area contributed by atoms with Crippen LogP contribution in [-0.4, -0.2) is 11.1 Å². The molecule has 2 nitrogen and oxygen atoms in total. The van der Waals surface area contributed by atoms with E-state index in [0.29, 0.717) is 18.6 Å². The number of fused-ring (bicyclic) bond motifs is 1. The Hall–Kier alpha value is -1.49. The van der Waals surface area contributed by atoms with Crippen LogP contribution in [0.15, 0.2) is 24.4 Å². The molecule has 0 unspecified atom stereocenters. The standard InChI is InChI=1S/C14H17F3N2/c1-2-19-9-10(4-3-7-18)12-6-5-11(8-13(12)19)14(15,16)17/h5-6,8-9H,2-4,7,18H2,1H3. The fourth-order valence-corrected chi connectivity index (χ4v) is 2.30. The molecule has 19 heavy (non-hydrogen) atoms. The second-order valence-electron chi connectivity index (χ2n) is 4.56. The summed E-state index contributed by atoms with van der Waals surface area (Å²) in [6.45, 7) is 3.16. The molecular weight excluding hydrogens is 253 g/mol. The Morgan fingerprint density at radius 3 is 2.58 bits per heavy atom. The number of hydrogen-bond donors (Lipinski definition) is 1. The summed E-state index contributed by atoms with van der Waals surface area (Å²) in [6, 6.07) is 3.94. The van der Waals surface area contributed by atoms with Crippen molar-refractivity contribution in [3.63, 3.8) is 0 Å². The van der Waals surface area contributed by atoms with E-state index in [9.17, 15) is 13.2 Å². The van der Waals surface area contributed by atoms with Crippen LogP contribution in [0.1, 0.15) is 24.5 Å². The molecular formula is C14H17F3N2. The Morgan fingerprint density at radius 1 is 1.26 bits per heavy atom. The van der Waals surface area contributed by atoms with Crippen LogP contribution in [0.25, 0.3) is 10.9 Å². The van der Waals surface area contributed by atoms with E-state index in [4.69, 9.17) is 5.73 Å². The maximum absolute atomic E-state index is 12.7. The quantitative estimate of drug-likeness (QED) is 0.904. The van der Waals surface area contributed by atoms with Gasteiger partial charge in [-0.1, -0.05) is 6.07 Å². The molecule has 0 bridgehead atoms. The van der Waals surface area contributed by atoms with E-state index in [2.05, 4.69) is 0 Å². The van der Waals surface area contributed by atoms with E-state index in [-0.39, 0.29) is 0 Å². The van der Waals surface area contributed by atoms with Gasteiger partial charge in [0.05, 0.1) is 5.56 Å². The fraction of sp³-hybridized carbons (Fsp3) is 0.429. The van der Waals surface area contributed by atoms with Gasteiger partial charge < -0.3 is 10.3 Å². The van der Waals surface area contributed by atoms with Crippen molar-refractivity contribution in [1.29, 1.82) is 0 Å². The lowest BCUT2D eigenvalue weighted by Crippen LogP contribution is -2.05. The average Bonchev–Trinajstić information content (AvgIpc) is 2.72. The van der Waals surface area contributed by atoms with Gasteiger partial charge in [-0.2, -0.15) is 13.2 Å². The number of benzene rings is 1. The largest absolute Gasteiger partial charge is 0.416 e. The lowest BCUT2D eigenvalue weighted by molar-refractivity contribution is -0.137. The first-order chi connectivity index (χ1) is 8.97. The van der Waals surface area contributed by atoms with Crippen LogP contribution < -0.4 is 5.73 Å². The van der Waals surface area contributed by atoms with E-state index in [1.807, 2.05) is 17.7 Å². The van der Waals surface area contributed by atoms with Crippen LogP contribution >= 0.6 is 0 Å². The van der Waals surface area contributed by atoms with Crippen molar-refractivity contribution in [1.82, 2.24) is 4.57 Å². The number of aryl methyl sites for hydroxylation is 2. The molecule has 0 saturated heterocycles. The summed E-state index contributed by atoms with van der Waals surface area (Å²) in [4.78, 5) is 0. The molecule has 0 aliphatic carbocycles. The van der Waals surface area contributed by atoms with Gasteiger partial charge in [-0.3, -0.25) is 0 Å². The molecule has 1 aromatic carbocycles. The van der Waals surface area contributed by atoms with Gasteiger partial charge in [-0.15, -0.1) is 0 Å². The van der Waals surface area contributed by atoms with Crippen molar-refractivity contribution in [2.24, 2.45) is 5.73 Å². The maximum Gasteiger partial charge on any atom is 0.416 e. The zero-order chi connectivity index (χ0) is 14.0. The first kappa shape index (κ1) is 13.9. The van der Waals surface area contributed by atoms with E-state index in [1.165, 1.54) is 6.07 Å². The molecule has 1 heterocycles. The van der Waals surface area contributed by atoms with Gasteiger partial charge in [0, 0.05) is 23.6 Å². The molecule has 0 radical (unpaired) electrons. The van der Waals surface area contributed by atoms with Crippen LogP contribution in [0.4, 0.5) is 13.2 Å². The summed E-state index contributed by atoms with van der Waals surface area (Å²) in [5, 5.41) is 0.892. The molecule has 2 N–H and O–H groups in total. The van der Waals surface area contributed by atoms with Gasteiger partial charge in [-0.25, -0.2) is 0 Å². The monoisotopic (exact) mass is 270 g/mol. The molecule has 2 rings (SSSR count). The first-order valence-electron chi connectivity index (χ1n) is 6.36. The fourth-order valence-electron chi connectivity index (χ4n) is 2.30. The normalized spacial score (nSPS) is 12.3. The molecule has 5 heteroatoms.